The first-order chi connectivity index (χ1) is 9.97. The number of carbonyl (C=O) groups is 1. The molecule has 1 aliphatic heterocycles. The SMILES string of the molecule is Cc1nc(N)c(CC[C@@H]2CCCN(C(=O)O)CC2)c(Cl)n1. The maximum atomic E-state index is 11.0. The second-order valence-corrected chi connectivity index (χ2v) is 5.89. The fourth-order valence-electron chi connectivity index (χ4n) is 2.81. The van der Waals surface area contributed by atoms with E-state index in [1.54, 1.807) is 6.92 Å². The fourth-order valence-corrected chi connectivity index (χ4v) is 3.12. The van der Waals surface area contributed by atoms with Crippen LogP contribution < -0.4 is 5.73 Å². The van der Waals surface area contributed by atoms with E-state index in [2.05, 4.69) is 9.97 Å². The van der Waals surface area contributed by atoms with Crippen molar-refractivity contribution in [2.24, 2.45) is 5.92 Å². The number of hydrogen-bond donors (Lipinski definition) is 2. The fraction of sp³-hybridized carbons (Fsp3) is 0.643. The van der Waals surface area contributed by atoms with Gasteiger partial charge < -0.3 is 15.7 Å². The van der Waals surface area contributed by atoms with Gasteiger partial charge in [0.25, 0.3) is 0 Å². The first kappa shape index (κ1) is 15.8. The van der Waals surface area contributed by atoms with Crippen LogP contribution in [-0.2, 0) is 6.42 Å². The molecule has 6 nitrogen and oxygen atoms in total. The molecule has 0 unspecified atom stereocenters. The van der Waals surface area contributed by atoms with Crippen LogP contribution in [0.25, 0.3) is 0 Å². The highest BCUT2D eigenvalue weighted by atomic mass is 35.5. The maximum Gasteiger partial charge on any atom is 0.407 e. The van der Waals surface area contributed by atoms with Gasteiger partial charge in [0.15, 0.2) is 0 Å². The molecule has 0 saturated carbocycles. The molecule has 1 amide bonds. The zero-order chi connectivity index (χ0) is 15.4. The van der Waals surface area contributed by atoms with Gasteiger partial charge in [0, 0.05) is 18.7 Å². The Labute approximate surface area is 129 Å². The minimum Gasteiger partial charge on any atom is -0.465 e. The van der Waals surface area contributed by atoms with E-state index < -0.39 is 6.09 Å². The molecule has 0 spiro atoms. The molecule has 0 radical (unpaired) electrons. The zero-order valence-electron chi connectivity index (χ0n) is 12.2. The molecule has 1 saturated heterocycles. The Bertz CT molecular complexity index is 501. The van der Waals surface area contributed by atoms with E-state index in [0.717, 1.165) is 37.7 Å². The van der Waals surface area contributed by atoms with Gasteiger partial charge in [0.05, 0.1) is 0 Å². The van der Waals surface area contributed by atoms with E-state index in [9.17, 15) is 4.79 Å². The van der Waals surface area contributed by atoms with Crippen molar-refractivity contribution in [2.45, 2.75) is 39.0 Å². The maximum absolute atomic E-state index is 11.0. The lowest BCUT2D eigenvalue weighted by atomic mass is 9.93. The van der Waals surface area contributed by atoms with E-state index in [0.29, 0.717) is 35.8 Å². The third kappa shape index (κ3) is 4.20. The molecule has 1 aliphatic rings. The van der Waals surface area contributed by atoms with Crippen molar-refractivity contribution in [3.05, 3.63) is 16.5 Å². The summed E-state index contributed by atoms with van der Waals surface area (Å²) in [6.07, 6.45) is 3.68. The number of amides is 1. The number of nitrogens with two attached hydrogens (primary N) is 1. The summed E-state index contributed by atoms with van der Waals surface area (Å²) < 4.78 is 0. The van der Waals surface area contributed by atoms with Crippen LogP contribution in [0, 0.1) is 12.8 Å². The largest absolute Gasteiger partial charge is 0.465 e. The molecule has 2 heterocycles. The molecule has 2 rings (SSSR count). The molecule has 1 fully saturated rings. The van der Waals surface area contributed by atoms with Crippen LogP contribution in [0.15, 0.2) is 0 Å². The highest BCUT2D eigenvalue weighted by Gasteiger charge is 2.20. The summed E-state index contributed by atoms with van der Waals surface area (Å²) in [5, 5.41) is 9.46. The molecule has 116 valence electrons. The lowest BCUT2D eigenvalue weighted by Gasteiger charge is -2.17. The molecule has 1 atom stereocenters. The van der Waals surface area contributed by atoms with Crippen molar-refractivity contribution in [3.63, 3.8) is 0 Å². The summed E-state index contributed by atoms with van der Waals surface area (Å²) in [6.45, 7) is 2.99. The number of nitrogens with zero attached hydrogens (tertiary/aromatic N) is 3. The van der Waals surface area contributed by atoms with Crippen LogP contribution in [0.4, 0.5) is 10.6 Å². The number of hydrogen-bond acceptors (Lipinski definition) is 4. The lowest BCUT2D eigenvalue weighted by molar-refractivity contribution is 0.146. The Morgan fingerprint density at radius 3 is 2.86 bits per heavy atom. The highest BCUT2D eigenvalue weighted by Crippen LogP contribution is 2.26. The molecule has 1 aromatic rings. The van der Waals surface area contributed by atoms with E-state index >= 15 is 0 Å². The van der Waals surface area contributed by atoms with Crippen molar-refractivity contribution >= 4 is 23.5 Å². The first-order valence-corrected chi connectivity index (χ1v) is 7.61. The molecule has 7 heteroatoms. The average molecular weight is 313 g/mol. The van der Waals surface area contributed by atoms with Crippen molar-refractivity contribution in [1.29, 1.82) is 0 Å². The van der Waals surface area contributed by atoms with Gasteiger partial charge in [0.2, 0.25) is 0 Å². The van der Waals surface area contributed by atoms with Gasteiger partial charge in [-0.25, -0.2) is 14.8 Å². The van der Waals surface area contributed by atoms with Crippen LogP contribution >= 0.6 is 11.6 Å². The van der Waals surface area contributed by atoms with Crippen LogP contribution in [0.1, 0.15) is 37.1 Å². The van der Waals surface area contributed by atoms with E-state index in [-0.39, 0.29) is 0 Å². The predicted octanol–water partition coefficient (Wildman–Crippen LogP) is 2.73. The number of aromatic nitrogens is 2. The number of halogens is 1. The van der Waals surface area contributed by atoms with Crippen molar-refractivity contribution in [3.8, 4) is 0 Å². The number of aryl methyl sites for hydroxylation is 1. The normalized spacial score (nSPS) is 19.3. The van der Waals surface area contributed by atoms with Gasteiger partial charge in [-0.3, -0.25) is 0 Å². The smallest absolute Gasteiger partial charge is 0.407 e. The molecular formula is C14H21ClN4O2. The Morgan fingerprint density at radius 1 is 1.43 bits per heavy atom. The van der Waals surface area contributed by atoms with Gasteiger partial charge in [-0.15, -0.1) is 0 Å². The summed E-state index contributed by atoms with van der Waals surface area (Å²) in [5.74, 6) is 1.52. The number of carboxylic acid groups (broad SMARTS) is 1. The second kappa shape index (κ2) is 6.93. The molecule has 0 aromatic carbocycles. The van der Waals surface area contributed by atoms with Crippen molar-refractivity contribution in [2.75, 3.05) is 18.8 Å². The van der Waals surface area contributed by atoms with Gasteiger partial charge in [-0.2, -0.15) is 0 Å². The Balaban J connectivity index is 1.93. The summed E-state index contributed by atoms with van der Waals surface area (Å²) in [4.78, 5) is 20.8. The van der Waals surface area contributed by atoms with Gasteiger partial charge in [0.1, 0.15) is 16.8 Å². The highest BCUT2D eigenvalue weighted by molar-refractivity contribution is 6.30. The number of anilines is 1. The van der Waals surface area contributed by atoms with Crippen LogP contribution in [0.2, 0.25) is 5.15 Å². The Hall–Kier alpha value is -1.56. The van der Waals surface area contributed by atoms with Gasteiger partial charge in [-0.1, -0.05) is 11.6 Å². The molecule has 3 N–H and O–H groups in total. The van der Waals surface area contributed by atoms with E-state index in [4.69, 9.17) is 22.4 Å². The minimum absolute atomic E-state index is 0.431. The standard InChI is InChI=1S/C14H21ClN4O2/c1-9-17-12(15)11(13(16)18-9)5-4-10-3-2-7-19(8-6-10)14(20)21/h10H,2-8H2,1H3,(H,20,21)(H2,16,17,18)/t10-/m0/s1. The quantitative estimate of drug-likeness (QED) is 0.837. The minimum atomic E-state index is -0.824. The summed E-state index contributed by atoms with van der Waals surface area (Å²) >= 11 is 6.13. The van der Waals surface area contributed by atoms with Crippen LogP contribution in [0.5, 0.6) is 0 Å². The second-order valence-electron chi connectivity index (χ2n) is 5.53. The van der Waals surface area contributed by atoms with Crippen molar-refractivity contribution in [1.82, 2.24) is 14.9 Å². The Kier molecular flexibility index (Phi) is 5.22. The topological polar surface area (TPSA) is 92.3 Å². The third-order valence-corrected chi connectivity index (χ3v) is 4.33. The number of rotatable bonds is 3. The number of likely N-dealkylation sites (tertiary alicyclic amines) is 1. The van der Waals surface area contributed by atoms with E-state index in [1.165, 1.54) is 4.90 Å². The molecule has 21 heavy (non-hydrogen) atoms. The molecule has 1 aromatic heterocycles. The summed E-state index contributed by atoms with van der Waals surface area (Å²) in [5.41, 5.74) is 6.72. The molecular weight excluding hydrogens is 292 g/mol. The summed E-state index contributed by atoms with van der Waals surface area (Å²) in [6, 6.07) is 0. The van der Waals surface area contributed by atoms with E-state index in [1.807, 2.05) is 0 Å². The lowest BCUT2D eigenvalue weighted by Crippen LogP contribution is -2.30. The van der Waals surface area contributed by atoms with Gasteiger partial charge >= 0.3 is 6.09 Å². The number of nitrogen functional groups attached to an aromatic ring is 1. The average Bonchev–Trinajstić information content (AvgIpc) is 2.63. The van der Waals surface area contributed by atoms with Crippen molar-refractivity contribution < 1.29 is 9.90 Å². The third-order valence-electron chi connectivity index (χ3n) is 4.02. The molecule has 0 bridgehead atoms. The zero-order valence-corrected chi connectivity index (χ0v) is 12.9. The van der Waals surface area contributed by atoms with Crippen LogP contribution in [0.3, 0.4) is 0 Å². The van der Waals surface area contributed by atoms with Crippen LogP contribution in [-0.4, -0.2) is 39.2 Å². The predicted molar refractivity (Wildman–Crippen MR) is 81.5 cm³/mol. The summed E-state index contributed by atoms with van der Waals surface area (Å²) in [7, 11) is 0. The first-order valence-electron chi connectivity index (χ1n) is 7.23. The molecule has 0 aliphatic carbocycles. The van der Waals surface area contributed by atoms with Gasteiger partial charge in [-0.05, 0) is 44.9 Å². The Morgan fingerprint density at radius 2 is 2.19 bits per heavy atom. The monoisotopic (exact) mass is 312 g/mol.